The third-order valence-corrected chi connectivity index (χ3v) is 17.6. The third kappa shape index (κ3) is 23.7. The van der Waals surface area contributed by atoms with Crippen molar-refractivity contribution in [3.8, 4) is 0 Å². The average molecular weight is 1260 g/mol. The van der Waals surface area contributed by atoms with E-state index < -0.39 is 78.6 Å². The molecule has 2 saturated heterocycles. The van der Waals surface area contributed by atoms with Crippen LogP contribution >= 0.6 is 0 Å². The molecule has 0 saturated carbocycles. The van der Waals surface area contributed by atoms with Gasteiger partial charge in [0.2, 0.25) is 23.6 Å². The van der Waals surface area contributed by atoms with Crippen molar-refractivity contribution in [3.63, 3.8) is 0 Å². The summed E-state index contributed by atoms with van der Waals surface area (Å²) in [4.78, 5) is 112. The van der Waals surface area contributed by atoms with Gasteiger partial charge in [0, 0.05) is 55.6 Å². The number of carbonyl (C=O) groups excluding carboxylic acids is 7. The molecule has 0 aromatic heterocycles. The Labute approximate surface area is 547 Å². The van der Waals surface area contributed by atoms with Gasteiger partial charge >= 0.3 is 43.0 Å². The SMILES string of the molecule is CCOC(=O)[C@H](C)[C@@H](OC)[C@@H]1CCCN1C(=O)C[C@@H](OC)[C@H]([C@@H](C)CC)N(C)C(=O)[C@@H](NC(=O)OCc1ccccc1)C(C)C.CC[C@H](C)[C@@H]([C@@H](CC(=O)N1CCC[C@H]1[C@H](OC)[C@@H](C)C(=O)O)OC)N(C)C(=O)[C@@H](NC(=O)OCc1ccccc1)C(C)C.[Li+].[OH-]. The molecule has 14 atom stereocenters. The van der Waals surface area contributed by atoms with Gasteiger partial charge in [0.25, 0.3) is 0 Å². The van der Waals surface area contributed by atoms with Gasteiger partial charge in [0.15, 0.2) is 0 Å². The van der Waals surface area contributed by atoms with E-state index in [4.69, 9.17) is 33.2 Å². The number of benzene rings is 2. The number of hydrogen-bond acceptors (Lipinski definition) is 16. The fraction of sp³-hybridized carbons (Fsp3) is 0.697. The summed E-state index contributed by atoms with van der Waals surface area (Å²) < 4.78 is 39.1. The second kappa shape index (κ2) is 41.6. The summed E-state index contributed by atoms with van der Waals surface area (Å²) in [5.41, 5.74) is 1.68. The number of carboxylic acids is 1. The van der Waals surface area contributed by atoms with Crippen LogP contribution in [0.4, 0.5) is 9.59 Å². The third-order valence-electron chi connectivity index (χ3n) is 17.6. The smallest absolute Gasteiger partial charge is 0.870 e. The number of hydrogen-bond donors (Lipinski definition) is 3. The van der Waals surface area contributed by atoms with Crippen molar-refractivity contribution < 1.29 is 101 Å². The summed E-state index contributed by atoms with van der Waals surface area (Å²) in [7, 11) is 9.47. The molecule has 2 aromatic carbocycles. The van der Waals surface area contributed by atoms with Crippen LogP contribution in [0.2, 0.25) is 0 Å². The Morgan fingerprint density at radius 3 is 1.21 bits per heavy atom. The molecule has 90 heavy (non-hydrogen) atoms. The summed E-state index contributed by atoms with van der Waals surface area (Å²) in [6, 6.07) is 15.4. The molecule has 6 amide bonds. The molecule has 504 valence electrons. The van der Waals surface area contributed by atoms with E-state index in [9.17, 15) is 43.5 Å². The number of likely N-dealkylation sites (tertiary alicyclic amines) is 2. The van der Waals surface area contributed by atoms with Gasteiger partial charge in [-0.05, 0) is 81.3 Å². The van der Waals surface area contributed by atoms with Crippen LogP contribution in [0.25, 0.3) is 0 Å². The summed E-state index contributed by atoms with van der Waals surface area (Å²) in [5, 5.41) is 15.1. The zero-order valence-electron chi connectivity index (χ0n) is 57.0. The van der Waals surface area contributed by atoms with Crippen LogP contribution in [0.5, 0.6) is 0 Å². The van der Waals surface area contributed by atoms with E-state index in [1.165, 1.54) is 14.2 Å². The number of aliphatic carboxylic acids is 1. The minimum atomic E-state index is -0.977. The maximum atomic E-state index is 13.9. The minimum absolute atomic E-state index is 0. The van der Waals surface area contributed by atoms with E-state index in [1.807, 2.05) is 116 Å². The average Bonchev–Trinajstić information content (AvgIpc) is 1.68. The van der Waals surface area contributed by atoms with Gasteiger partial charge in [-0.15, -0.1) is 0 Å². The molecule has 2 aromatic rings. The first-order chi connectivity index (χ1) is 41.8. The molecule has 23 nitrogen and oxygen atoms in total. The van der Waals surface area contributed by atoms with E-state index in [0.29, 0.717) is 25.9 Å². The number of alkyl carbamates (subject to hydrolysis) is 2. The van der Waals surface area contributed by atoms with Crippen LogP contribution in [0.15, 0.2) is 60.7 Å². The predicted molar refractivity (Wildman–Crippen MR) is 335 cm³/mol. The molecule has 0 radical (unpaired) electrons. The molecule has 0 aliphatic carbocycles. The molecule has 2 fully saturated rings. The first-order valence-corrected chi connectivity index (χ1v) is 31.4. The Balaban J connectivity index is 0.000000881. The van der Waals surface area contributed by atoms with Crippen molar-refractivity contribution in [3.05, 3.63) is 71.8 Å². The molecule has 24 heteroatoms. The molecule has 2 aliphatic rings. The molecule has 4 rings (SSSR count). The van der Waals surface area contributed by atoms with Crippen LogP contribution in [-0.4, -0.2) is 201 Å². The van der Waals surface area contributed by atoms with Crippen molar-refractivity contribution >= 4 is 47.8 Å². The largest absolute Gasteiger partial charge is 1.00 e. The van der Waals surface area contributed by atoms with E-state index in [0.717, 1.165) is 36.8 Å². The number of ether oxygens (including phenoxy) is 7. The number of nitrogens with one attached hydrogen (secondary N) is 2. The molecule has 2 heterocycles. The second-order valence-electron chi connectivity index (χ2n) is 24.1. The van der Waals surface area contributed by atoms with Crippen molar-refractivity contribution in [2.75, 3.05) is 62.2 Å². The summed E-state index contributed by atoms with van der Waals surface area (Å²) >= 11 is 0. The maximum Gasteiger partial charge on any atom is 1.00 e. The number of likely N-dealkylation sites (N-methyl/N-ethyl adjacent to an activating group) is 2. The van der Waals surface area contributed by atoms with Gasteiger partial charge < -0.3 is 74.0 Å². The number of esters is 1. The Bertz CT molecular complexity index is 2480. The van der Waals surface area contributed by atoms with Crippen molar-refractivity contribution in [1.29, 1.82) is 0 Å². The van der Waals surface area contributed by atoms with Crippen LogP contribution in [-0.2, 0) is 75.1 Å². The number of amides is 6. The number of methoxy groups -OCH3 is 4. The Kier molecular flexibility index (Phi) is 38.0. The molecular formula is C66H107LiN6O17. The van der Waals surface area contributed by atoms with Gasteiger partial charge in [0.1, 0.15) is 25.3 Å². The normalized spacial score (nSPS) is 18.6. The van der Waals surface area contributed by atoms with E-state index >= 15 is 0 Å². The van der Waals surface area contributed by atoms with Gasteiger partial charge in [-0.3, -0.25) is 28.8 Å². The van der Waals surface area contributed by atoms with Crippen LogP contribution in [0.1, 0.15) is 139 Å². The standard InChI is InChI=1S/C34H55N3O8.C32H51N3O8.Li.H2O/c1-10-23(5)30(36(7)32(39)29(22(3)4)35-34(41)45-21-25-16-13-12-14-17-25)27(42-8)20-28(38)37-19-15-18-26(37)31(43-9)24(6)33(40)44-11-2;1-9-21(4)28(25(41-7)18-26(36)35-17-13-16-24(35)29(42-8)22(5)31(38)39)34(6)30(37)27(20(2)3)33-32(40)43-19-23-14-11-10-12-15-23;;/h12-14,16-17,22-24,26-27,29-31H,10-11,15,18-21H2,1-9H3,(H,35,41);10-12,14-15,20-22,24-25,27-29H,9,13,16-19H2,1-8H3,(H,33,40)(H,38,39);;1H2/q;;+1;/p-1/t23-,24+,26-,27+,29-,30-,31+;21-,22+,24-,25+,27-,28-,29+;;/m00../s1. The molecule has 0 spiro atoms. The minimum Gasteiger partial charge on any atom is -0.870 e. The predicted octanol–water partition coefficient (Wildman–Crippen LogP) is 5.19. The quantitative estimate of drug-likeness (QED) is 0.0471. The molecule has 0 bridgehead atoms. The van der Waals surface area contributed by atoms with E-state index in [-0.39, 0.29) is 122 Å². The Morgan fingerprint density at radius 1 is 0.556 bits per heavy atom. The molecule has 2 aliphatic heterocycles. The topological polar surface area (TPSA) is 288 Å². The van der Waals surface area contributed by atoms with Crippen molar-refractivity contribution in [1.82, 2.24) is 30.2 Å². The van der Waals surface area contributed by atoms with E-state index in [1.54, 1.807) is 68.7 Å². The first kappa shape index (κ1) is 82.2. The zero-order valence-corrected chi connectivity index (χ0v) is 57.0. The zero-order chi connectivity index (χ0) is 65.9. The fourth-order valence-corrected chi connectivity index (χ4v) is 12.1. The van der Waals surface area contributed by atoms with E-state index in [2.05, 4.69) is 10.6 Å². The van der Waals surface area contributed by atoms with Crippen LogP contribution < -0.4 is 29.5 Å². The number of nitrogens with zero attached hydrogens (tertiary/aromatic N) is 4. The number of rotatable bonds is 33. The van der Waals surface area contributed by atoms with Crippen molar-refractivity contribution in [2.24, 2.45) is 35.5 Å². The Hall–Kier alpha value is -5.80. The summed E-state index contributed by atoms with van der Waals surface area (Å²) in [6.07, 6.45) is 0.660. The Morgan fingerprint density at radius 2 is 0.911 bits per heavy atom. The van der Waals surface area contributed by atoms with Gasteiger partial charge in [-0.2, -0.15) is 0 Å². The van der Waals surface area contributed by atoms with Gasteiger partial charge in [-0.25, -0.2) is 9.59 Å². The monoisotopic (exact) mass is 1260 g/mol. The molecular weight excluding hydrogens is 1160 g/mol. The second-order valence-corrected chi connectivity index (χ2v) is 24.1. The van der Waals surface area contributed by atoms with Crippen LogP contribution in [0.3, 0.4) is 0 Å². The van der Waals surface area contributed by atoms with Gasteiger partial charge in [-0.1, -0.05) is 129 Å². The van der Waals surface area contributed by atoms with Crippen molar-refractivity contribution in [2.45, 2.75) is 201 Å². The number of carboxylic acid groups (broad SMARTS) is 1. The first-order valence-electron chi connectivity index (χ1n) is 31.4. The molecule has 0 unspecified atom stereocenters. The summed E-state index contributed by atoms with van der Waals surface area (Å²) in [6.45, 7) is 22.1. The summed E-state index contributed by atoms with van der Waals surface area (Å²) in [5.74, 6) is -4.04. The fourth-order valence-electron chi connectivity index (χ4n) is 12.1. The van der Waals surface area contributed by atoms with Gasteiger partial charge in [0.05, 0.1) is 79.9 Å². The van der Waals surface area contributed by atoms with Crippen LogP contribution in [0, 0.1) is 35.5 Å². The number of carbonyl (C=O) groups is 8. The molecule has 4 N–H and O–H groups in total. The maximum absolute atomic E-state index is 13.9.